The molecule has 3 aliphatic heterocycles. The Morgan fingerprint density at radius 3 is 2.67 bits per heavy atom. The minimum absolute atomic E-state index is 0.487. The second kappa shape index (κ2) is 3.72. The van der Waals surface area contributed by atoms with Gasteiger partial charge in [-0.05, 0) is 45.3 Å². The zero-order valence-electron chi connectivity index (χ0n) is 9.67. The van der Waals surface area contributed by atoms with Crippen molar-refractivity contribution in [1.82, 2.24) is 10.2 Å². The number of likely N-dealkylation sites (tertiary alicyclic amines) is 1. The Kier molecular flexibility index (Phi) is 2.49. The van der Waals surface area contributed by atoms with Crippen LogP contribution in [0.1, 0.15) is 19.3 Å². The van der Waals surface area contributed by atoms with Crippen molar-refractivity contribution in [1.29, 1.82) is 0 Å². The van der Waals surface area contributed by atoms with Gasteiger partial charge in [0.15, 0.2) is 0 Å². The van der Waals surface area contributed by atoms with Crippen molar-refractivity contribution in [3.8, 4) is 0 Å². The first-order valence-electron chi connectivity index (χ1n) is 6.31. The molecule has 0 aliphatic carbocycles. The molecule has 0 amide bonds. The lowest BCUT2D eigenvalue weighted by Crippen LogP contribution is -2.59. The molecule has 1 N–H and O–H groups in total. The number of ether oxygens (including phenoxy) is 1. The van der Waals surface area contributed by atoms with E-state index in [9.17, 15) is 0 Å². The molecule has 86 valence electrons. The maximum absolute atomic E-state index is 5.54. The first-order chi connectivity index (χ1) is 7.31. The molecule has 3 aliphatic rings. The van der Waals surface area contributed by atoms with E-state index in [0.29, 0.717) is 5.41 Å². The summed E-state index contributed by atoms with van der Waals surface area (Å²) < 4.78 is 5.54. The molecule has 0 aromatic carbocycles. The molecule has 0 saturated carbocycles. The quantitative estimate of drug-likeness (QED) is 0.726. The van der Waals surface area contributed by atoms with Gasteiger partial charge in [-0.3, -0.25) is 0 Å². The summed E-state index contributed by atoms with van der Waals surface area (Å²) in [6.07, 6.45) is 4.09. The van der Waals surface area contributed by atoms with Crippen molar-refractivity contribution in [3.05, 3.63) is 0 Å². The van der Waals surface area contributed by atoms with Crippen LogP contribution in [0.2, 0.25) is 0 Å². The molecule has 0 radical (unpaired) electrons. The molecule has 2 unspecified atom stereocenters. The molecule has 3 saturated heterocycles. The first-order valence-corrected chi connectivity index (χ1v) is 6.31. The summed E-state index contributed by atoms with van der Waals surface area (Å²) in [7, 11) is 2.25. The average Bonchev–Trinajstić information content (AvgIpc) is 2.75. The third kappa shape index (κ3) is 1.52. The van der Waals surface area contributed by atoms with Gasteiger partial charge in [0.2, 0.25) is 0 Å². The SMILES string of the molecule is CN1CCC(C2(C3CCCN3)COC2)C1. The molecule has 2 atom stereocenters. The Balaban J connectivity index is 1.74. The summed E-state index contributed by atoms with van der Waals surface area (Å²) >= 11 is 0. The minimum atomic E-state index is 0.487. The molecular formula is C12H22N2O. The fourth-order valence-corrected chi connectivity index (χ4v) is 3.64. The van der Waals surface area contributed by atoms with Gasteiger partial charge in [-0.25, -0.2) is 0 Å². The van der Waals surface area contributed by atoms with E-state index in [1.165, 1.54) is 38.9 Å². The Labute approximate surface area is 92.2 Å². The van der Waals surface area contributed by atoms with Crippen molar-refractivity contribution in [2.45, 2.75) is 25.3 Å². The zero-order chi connectivity index (χ0) is 10.3. The standard InChI is InChI=1S/C12H22N2O/c1-14-6-4-10(7-14)12(8-15-9-12)11-3-2-5-13-11/h10-11,13H,2-9H2,1H3. The maximum Gasteiger partial charge on any atom is 0.0563 e. The minimum Gasteiger partial charge on any atom is -0.380 e. The molecule has 0 bridgehead atoms. The fraction of sp³-hybridized carbons (Fsp3) is 1.00. The zero-order valence-corrected chi connectivity index (χ0v) is 9.67. The third-order valence-corrected chi connectivity index (χ3v) is 4.70. The van der Waals surface area contributed by atoms with Crippen LogP contribution in [-0.2, 0) is 4.74 Å². The van der Waals surface area contributed by atoms with Crippen LogP contribution in [0.5, 0.6) is 0 Å². The van der Waals surface area contributed by atoms with E-state index in [-0.39, 0.29) is 0 Å². The maximum atomic E-state index is 5.54. The van der Waals surface area contributed by atoms with Gasteiger partial charge in [0.05, 0.1) is 13.2 Å². The molecule has 0 spiro atoms. The molecule has 3 nitrogen and oxygen atoms in total. The predicted molar refractivity (Wildman–Crippen MR) is 59.9 cm³/mol. The van der Waals surface area contributed by atoms with Gasteiger partial charge >= 0.3 is 0 Å². The van der Waals surface area contributed by atoms with Gasteiger partial charge in [0.25, 0.3) is 0 Å². The van der Waals surface area contributed by atoms with Crippen LogP contribution < -0.4 is 5.32 Å². The first kappa shape index (κ1) is 10.1. The molecule has 0 aromatic rings. The lowest BCUT2D eigenvalue weighted by atomic mass is 9.67. The van der Waals surface area contributed by atoms with Crippen LogP contribution in [0, 0.1) is 11.3 Å². The highest BCUT2D eigenvalue weighted by Crippen LogP contribution is 2.45. The number of nitrogens with zero attached hydrogens (tertiary/aromatic N) is 1. The Hall–Kier alpha value is -0.120. The van der Waals surface area contributed by atoms with Gasteiger partial charge in [-0.15, -0.1) is 0 Å². The summed E-state index contributed by atoms with van der Waals surface area (Å²) in [6, 6.07) is 0.739. The average molecular weight is 210 g/mol. The lowest BCUT2D eigenvalue weighted by Gasteiger charge is -2.50. The van der Waals surface area contributed by atoms with Crippen LogP contribution in [0.4, 0.5) is 0 Å². The smallest absolute Gasteiger partial charge is 0.0563 e. The Morgan fingerprint density at radius 2 is 2.20 bits per heavy atom. The summed E-state index contributed by atoms with van der Waals surface area (Å²) in [5.74, 6) is 0.867. The fourth-order valence-electron chi connectivity index (χ4n) is 3.64. The largest absolute Gasteiger partial charge is 0.380 e. The van der Waals surface area contributed by atoms with Crippen LogP contribution in [0.15, 0.2) is 0 Å². The molecule has 3 heterocycles. The van der Waals surface area contributed by atoms with Gasteiger partial charge in [-0.1, -0.05) is 0 Å². The monoisotopic (exact) mass is 210 g/mol. The van der Waals surface area contributed by atoms with Crippen molar-refractivity contribution in [2.24, 2.45) is 11.3 Å². The normalized spacial score (nSPS) is 40.6. The van der Waals surface area contributed by atoms with Crippen molar-refractivity contribution < 1.29 is 4.74 Å². The highest BCUT2D eigenvalue weighted by atomic mass is 16.5. The molecule has 3 heteroatoms. The second-order valence-electron chi connectivity index (χ2n) is 5.62. The van der Waals surface area contributed by atoms with Crippen molar-refractivity contribution >= 4 is 0 Å². The number of hydrogen-bond donors (Lipinski definition) is 1. The van der Waals surface area contributed by atoms with Crippen LogP contribution in [0.25, 0.3) is 0 Å². The van der Waals surface area contributed by atoms with E-state index < -0.39 is 0 Å². The summed E-state index contributed by atoms with van der Waals surface area (Å²) in [5.41, 5.74) is 0.487. The van der Waals surface area contributed by atoms with E-state index in [0.717, 1.165) is 25.2 Å². The van der Waals surface area contributed by atoms with E-state index >= 15 is 0 Å². The summed E-state index contributed by atoms with van der Waals surface area (Å²) in [4.78, 5) is 2.47. The third-order valence-electron chi connectivity index (χ3n) is 4.70. The van der Waals surface area contributed by atoms with Crippen molar-refractivity contribution in [2.75, 3.05) is 39.9 Å². The number of nitrogens with one attached hydrogen (secondary N) is 1. The molecule has 0 aromatic heterocycles. The summed E-state index contributed by atoms with van der Waals surface area (Å²) in [6.45, 7) is 5.78. The second-order valence-corrected chi connectivity index (χ2v) is 5.62. The topological polar surface area (TPSA) is 24.5 Å². The van der Waals surface area contributed by atoms with Gasteiger partial charge in [0, 0.05) is 18.0 Å². The molecule has 3 rings (SSSR count). The van der Waals surface area contributed by atoms with E-state index in [4.69, 9.17) is 4.74 Å². The van der Waals surface area contributed by atoms with E-state index in [2.05, 4.69) is 17.3 Å². The van der Waals surface area contributed by atoms with Crippen LogP contribution in [-0.4, -0.2) is 50.8 Å². The molecule has 15 heavy (non-hydrogen) atoms. The lowest BCUT2D eigenvalue weighted by molar-refractivity contribution is -0.159. The Bertz CT molecular complexity index is 234. The van der Waals surface area contributed by atoms with Crippen LogP contribution >= 0.6 is 0 Å². The van der Waals surface area contributed by atoms with Crippen molar-refractivity contribution in [3.63, 3.8) is 0 Å². The molecule has 3 fully saturated rings. The predicted octanol–water partition coefficient (Wildman–Crippen LogP) is 0.707. The highest BCUT2D eigenvalue weighted by Gasteiger charge is 2.52. The van der Waals surface area contributed by atoms with E-state index in [1.807, 2.05) is 0 Å². The van der Waals surface area contributed by atoms with Crippen LogP contribution in [0.3, 0.4) is 0 Å². The van der Waals surface area contributed by atoms with Gasteiger partial charge in [0.1, 0.15) is 0 Å². The number of rotatable bonds is 2. The van der Waals surface area contributed by atoms with Gasteiger partial charge in [-0.2, -0.15) is 0 Å². The van der Waals surface area contributed by atoms with E-state index in [1.54, 1.807) is 0 Å². The molecular weight excluding hydrogens is 188 g/mol. The Morgan fingerprint density at radius 1 is 1.33 bits per heavy atom. The summed E-state index contributed by atoms with van der Waals surface area (Å²) in [5, 5.41) is 3.69. The number of hydrogen-bond acceptors (Lipinski definition) is 3. The highest BCUT2D eigenvalue weighted by molar-refractivity contribution is 5.04. The van der Waals surface area contributed by atoms with Gasteiger partial charge < -0.3 is 15.0 Å².